The lowest BCUT2D eigenvalue weighted by molar-refractivity contribution is -0.126. The van der Waals surface area contributed by atoms with Gasteiger partial charge in [-0.05, 0) is 42.7 Å². The first kappa shape index (κ1) is 24.4. The number of hydrogen-bond acceptors (Lipinski definition) is 7. The third-order valence-electron chi connectivity index (χ3n) is 6.53. The largest absolute Gasteiger partial charge is 0.357 e. The second-order valence-electron chi connectivity index (χ2n) is 9.15. The molecule has 35 heavy (non-hydrogen) atoms. The van der Waals surface area contributed by atoms with Crippen LogP contribution in [0.2, 0.25) is 0 Å². The first-order valence-electron chi connectivity index (χ1n) is 12.4. The molecule has 0 spiro atoms. The van der Waals surface area contributed by atoms with Crippen molar-refractivity contribution >= 4 is 23.8 Å². The van der Waals surface area contributed by atoms with Gasteiger partial charge in [0, 0.05) is 32.1 Å². The van der Waals surface area contributed by atoms with E-state index in [1.54, 1.807) is 7.05 Å². The monoisotopic (exact) mass is 473 g/mol. The summed E-state index contributed by atoms with van der Waals surface area (Å²) in [5.41, 5.74) is 2.39. The van der Waals surface area contributed by atoms with E-state index in [0.29, 0.717) is 30.3 Å². The number of rotatable bonds is 10. The van der Waals surface area contributed by atoms with Gasteiger partial charge in [0.05, 0.1) is 0 Å². The highest BCUT2D eigenvalue weighted by atomic mass is 16.1. The fourth-order valence-corrected chi connectivity index (χ4v) is 4.39. The molecule has 184 valence electrons. The van der Waals surface area contributed by atoms with Gasteiger partial charge in [0.2, 0.25) is 23.8 Å². The van der Waals surface area contributed by atoms with Crippen molar-refractivity contribution in [1.82, 2.24) is 20.3 Å². The van der Waals surface area contributed by atoms with Crippen molar-refractivity contribution in [3.63, 3.8) is 0 Å². The van der Waals surface area contributed by atoms with Gasteiger partial charge >= 0.3 is 0 Å². The van der Waals surface area contributed by atoms with Crippen molar-refractivity contribution in [1.29, 1.82) is 0 Å². The third kappa shape index (κ3) is 7.15. The van der Waals surface area contributed by atoms with Gasteiger partial charge in [0.1, 0.15) is 0 Å². The van der Waals surface area contributed by atoms with E-state index in [2.05, 4.69) is 67.4 Å². The van der Waals surface area contributed by atoms with Gasteiger partial charge in [-0.2, -0.15) is 15.0 Å². The van der Waals surface area contributed by atoms with Crippen molar-refractivity contribution in [2.75, 3.05) is 29.5 Å². The molecule has 3 aromatic rings. The Hall–Kier alpha value is -3.68. The molecular formula is C27H35N7O. The molecule has 8 nitrogen and oxygen atoms in total. The Bertz CT molecular complexity index is 1070. The van der Waals surface area contributed by atoms with Crippen LogP contribution in [0.4, 0.5) is 17.8 Å². The van der Waals surface area contributed by atoms with E-state index in [1.165, 1.54) is 5.56 Å². The number of carbonyl (C=O) groups excluding carboxylic acids is 1. The van der Waals surface area contributed by atoms with Crippen LogP contribution in [-0.2, 0) is 11.3 Å². The Labute approximate surface area is 207 Å². The minimum absolute atomic E-state index is 0.0553. The number of benzene rings is 2. The molecule has 0 unspecified atom stereocenters. The topological polar surface area (TPSA) is 104 Å². The summed E-state index contributed by atoms with van der Waals surface area (Å²) in [5.74, 6) is 2.14. The third-order valence-corrected chi connectivity index (χ3v) is 6.53. The number of nitrogens with one attached hydrogen (secondary N) is 4. The quantitative estimate of drug-likeness (QED) is 0.346. The zero-order chi connectivity index (χ0) is 24.5. The van der Waals surface area contributed by atoms with E-state index >= 15 is 0 Å². The van der Waals surface area contributed by atoms with Gasteiger partial charge in [0.25, 0.3) is 0 Å². The number of nitrogens with zero attached hydrogens (tertiary/aromatic N) is 3. The fraction of sp³-hybridized carbons (Fsp3) is 0.407. The summed E-state index contributed by atoms with van der Waals surface area (Å²) in [6, 6.07) is 20.6. The average Bonchev–Trinajstić information content (AvgIpc) is 2.91. The number of carbonyl (C=O) groups is 1. The molecule has 0 radical (unpaired) electrons. The normalized spacial score (nSPS) is 18.3. The summed E-state index contributed by atoms with van der Waals surface area (Å²) in [7, 11) is 1.80. The van der Waals surface area contributed by atoms with Crippen molar-refractivity contribution < 1.29 is 4.79 Å². The molecule has 1 amide bonds. The summed E-state index contributed by atoms with van der Waals surface area (Å²) >= 11 is 0. The highest BCUT2D eigenvalue weighted by Gasteiger charge is 2.26. The van der Waals surface area contributed by atoms with Gasteiger partial charge in [-0.25, -0.2) is 0 Å². The molecule has 2 aromatic carbocycles. The molecule has 1 atom stereocenters. The first-order chi connectivity index (χ1) is 17.1. The highest BCUT2D eigenvalue weighted by molar-refractivity contribution is 5.78. The molecule has 0 aliphatic heterocycles. The van der Waals surface area contributed by atoms with Crippen molar-refractivity contribution in [2.24, 2.45) is 5.92 Å². The molecule has 4 rings (SSSR count). The number of aromatic nitrogens is 3. The Morgan fingerprint density at radius 2 is 1.51 bits per heavy atom. The standard InChI is InChI=1S/C27H35N7O/c1-19(21-11-7-4-8-12-21)17-30-26-32-25(28-2)33-27(34-26)31-23-15-13-22(14-16-23)24(35)29-18-20-9-5-3-6-10-20/h3-12,19,22-23H,13-18H2,1-2H3,(H,29,35)(H3,28,30,31,32,33,34)/t19-,22-,23+/m0/s1. The lowest BCUT2D eigenvalue weighted by Crippen LogP contribution is -2.36. The van der Waals surface area contributed by atoms with Crippen LogP contribution in [0.15, 0.2) is 60.7 Å². The summed E-state index contributed by atoms with van der Waals surface area (Å²) in [6.07, 6.45) is 3.50. The summed E-state index contributed by atoms with van der Waals surface area (Å²) in [4.78, 5) is 26.1. The molecule has 1 heterocycles. The van der Waals surface area contributed by atoms with E-state index < -0.39 is 0 Å². The molecule has 1 aliphatic carbocycles. The van der Waals surface area contributed by atoms with Gasteiger partial charge in [-0.1, -0.05) is 67.6 Å². The predicted octanol–water partition coefficient (Wildman–Crippen LogP) is 4.42. The van der Waals surface area contributed by atoms with E-state index in [0.717, 1.165) is 37.8 Å². The van der Waals surface area contributed by atoms with E-state index in [1.807, 2.05) is 36.4 Å². The van der Waals surface area contributed by atoms with Crippen LogP contribution in [0.25, 0.3) is 0 Å². The number of anilines is 3. The van der Waals surface area contributed by atoms with Crippen LogP contribution in [0.3, 0.4) is 0 Å². The molecule has 1 fully saturated rings. The maximum Gasteiger partial charge on any atom is 0.229 e. The SMILES string of the molecule is CNc1nc(NC[C@H](C)c2ccccc2)nc(N[C@H]2CC[C@@H](C(=O)NCc3ccccc3)CC2)n1. The second kappa shape index (κ2) is 12.1. The zero-order valence-electron chi connectivity index (χ0n) is 20.5. The van der Waals surface area contributed by atoms with Crippen molar-refractivity contribution in [2.45, 2.75) is 51.1 Å². The predicted molar refractivity (Wildman–Crippen MR) is 140 cm³/mol. The van der Waals surface area contributed by atoms with Gasteiger partial charge < -0.3 is 21.3 Å². The van der Waals surface area contributed by atoms with Crippen LogP contribution in [0.5, 0.6) is 0 Å². The Morgan fingerprint density at radius 1 is 0.886 bits per heavy atom. The van der Waals surface area contributed by atoms with E-state index in [-0.39, 0.29) is 17.9 Å². The molecule has 1 aliphatic rings. The van der Waals surface area contributed by atoms with Crippen LogP contribution >= 0.6 is 0 Å². The Kier molecular flexibility index (Phi) is 8.48. The van der Waals surface area contributed by atoms with E-state index in [9.17, 15) is 4.79 Å². The van der Waals surface area contributed by atoms with Crippen molar-refractivity contribution in [3.05, 3.63) is 71.8 Å². The second-order valence-corrected chi connectivity index (χ2v) is 9.15. The van der Waals surface area contributed by atoms with Gasteiger partial charge in [-0.15, -0.1) is 0 Å². The maximum absolute atomic E-state index is 12.6. The van der Waals surface area contributed by atoms with Crippen LogP contribution in [-0.4, -0.2) is 40.5 Å². The van der Waals surface area contributed by atoms with E-state index in [4.69, 9.17) is 0 Å². The highest BCUT2D eigenvalue weighted by Crippen LogP contribution is 2.27. The molecule has 1 aromatic heterocycles. The molecule has 8 heteroatoms. The van der Waals surface area contributed by atoms with Crippen LogP contribution in [0, 0.1) is 5.92 Å². The van der Waals surface area contributed by atoms with Crippen LogP contribution < -0.4 is 21.3 Å². The minimum atomic E-state index is 0.0553. The zero-order valence-corrected chi connectivity index (χ0v) is 20.5. The Balaban J connectivity index is 1.27. The molecule has 0 saturated heterocycles. The first-order valence-corrected chi connectivity index (χ1v) is 12.4. The van der Waals surface area contributed by atoms with Crippen molar-refractivity contribution in [3.8, 4) is 0 Å². The molecule has 0 bridgehead atoms. The van der Waals surface area contributed by atoms with Crippen LogP contribution in [0.1, 0.15) is 49.7 Å². The lowest BCUT2D eigenvalue weighted by atomic mass is 9.85. The number of hydrogen-bond donors (Lipinski definition) is 4. The minimum Gasteiger partial charge on any atom is -0.357 e. The summed E-state index contributed by atoms with van der Waals surface area (Å²) < 4.78 is 0. The molecule has 1 saturated carbocycles. The smallest absolute Gasteiger partial charge is 0.229 e. The van der Waals surface area contributed by atoms with Gasteiger partial charge in [-0.3, -0.25) is 4.79 Å². The lowest BCUT2D eigenvalue weighted by Gasteiger charge is -2.28. The Morgan fingerprint density at radius 3 is 2.20 bits per heavy atom. The maximum atomic E-state index is 12.6. The van der Waals surface area contributed by atoms with Gasteiger partial charge in [0.15, 0.2) is 0 Å². The average molecular weight is 474 g/mol. The fourth-order valence-electron chi connectivity index (χ4n) is 4.39. The summed E-state index contributed by atoms with van der Waals surface area (Å²) in [5, 5.41) is 12.9. The molecule has 4 N–H and O–H groups in total. The summed E-state index contributed by atoms with van der Waals surface area (Å²) in [6.45, 7) is 3.48. The number of amides is 1. The molecular weight excluding hydrogens is 438 g/mol.